The lowest BCUT2D eigenvalue weighted by molar-refractivity contribution is -0.149. The summed E-state index contributed by atoms with van der Waals surface area (Å²) in [5.41, 5.74) is 6.88. The number of hydrogen-bond acceptors (Lipinski definition) is 3. The minimum Gasteiger partial charge on any atom is -0.378 e. The third-order valence-electron chi connectivity index (χ3n) is 5.54. The molecule has 0 aromatic carbocycles. The zero-order valence-electron chi connectivity index (χ0n) is 12.5. The lowest BCUT2D eigenvalue weighted by Crippen LogP contribution is -2.74. The maximum absolute atomic E-state index is 6.60. The number of rotatable bonds is 5. The predicted molar refractivity (Wildman–Crippen MR) is 75.6 cm³/mol. The van der Waals surface area contributed by atoms with Crippen molar-refractivity contribution in [1.29, 1.82) is 0 Å². The molecule has 0 saturated heterocycles. The number of ether oxygens (including phenoxy) is 1. The van der Waals surface area contributed by atoms with E-state index < -0.39 is 0 Å². The van der Waals surface area contributed by atoms with Gasteiger partial charge in [0.05, 0.1) is 6.10 Å². The van der Waals surface area contributed by atoms with Crippen LogP contribution in [0, 0.1) is 5.41 Å². The van der Waals surface area contributed by atoms with E-state index in [1.54, 1.807) is 0 Å². The normalized spacial score (nSPS) is 37.5. The molecule has 0 amide bonds. The number of hydrogen-bond donors (Lipinski definition) is 2. The number of nitrogens with one attached hydrogen (secondary N) is 1. The maximum atomic E-state index is 6.60. The summed E-state index contributed by atoms with van der Waals surface area (Å²) in [4.78, 5) is 0. The highest BCUT2D eigenvalue weighted by Crippen LogP contribution is 2.49. The molecule has 2 aliphatic carbocycles. The molecular formula is C15H30N2O. The lowest BCUT2D eigenvalue weighted by atomic mass is 9.54. The van der Waals surface area contributed by atoms with Gasteiger partial charge in [0.1, 0.15) is 0 Å². The van der Waals surface area contributed by atoms with Crippen LogP contribution in [0.15, 0.2) is 0 Å². The van der Waals surface area contributed by atoms with Crippen molar-refractivity contribution in [3.05, 3.63) is 0 Å². The summed E-state index contributed by atoms with van der Waals surface area (Å²) in [6, 6.07) is 0. The second-order valence-electron chi connectivity index (χ2n) is 7.15. The fraction of sp³-hybridized carbons (Fsp3) is 1.00. The second-order valence-corrected chi connectivity index (χ2v) is 7.15. The van der Waals surface area contributed by atoms with Crippen LogP contribution in [0.2, 0.25) is 0 Å². The molecule has 3 heteroatoms. The third kappa shape index (κ3) is 2.33. The molecule has 2 atom stereocenters. The van der Waals surface area contributed by atoms with Gasteiger partial charge in [0, 0.05) is 29.6 Å². The first-order chi connectivity index (χ1) is 8.33. The van der Waals surface area contributed by atoms with Gasteiger partial charge in [-0.2, -0.15) is 0 Å². The highest BCUT2D eigenvalue weighted by molar-refractivity contribution is 5.15. The highest BCUT2D eigenvalue weighted by Gasteiger charge is 2.58. The second kappa shape index (κ2) is 4.77. The molecule has 0 aromatic heterocycles. The van der Waals surface area contributed by atoms with E-state index in [9.17, 15) is 0 Å². The first kappa shape index (κ1) is 14.3. The van der Waals surface area contributed by atoms with Crippen molar-refractivity contribution in [2.24, 2.45) is 11.1 Å². The van der Waals surface area contributed by atoms with Gasteiger partial charge < -0.3 is 15.8 Å². The topological polar surface area (TPSA) is 47.3 Å². The molecule has 0 spiro atoms. The van der Waals surface area contributed by atoms with Crippen molar-refractivity contribution < 1.29 is 4.74 Å². The predicted octanol–water partition coefficient (Wildman–Crippen LogP) is 2.44. The minimum absolute atomic E-state index is 0.0744. The average Bonchev–Trinajstić information content (AvgIpc) is 2.74. The van der Waals surface area contributed by atoms with Gasteiger partial charge in [-0.3, -0.25) is 0 Å². The van der Waals surface area contributed by atoms with Gasteiger partial charge in [-0.25, -0.2) is 0 Å². The van der Waals surface area contributed by atoms with Crippen molar-refractivity contribution in [3.8, 4) is 0 Å². The molecule has 18 heavy (non-hydrogen) atoms. The smallest absolute Gasteiger partial charge is 0.0662 e. The van der Waals surface area contributed by atoms with Crippen molar-refractivity contribution >= 4 is 0 Å². The van der Waals surface area contributed by atoms with Gasteiger partial charge >= 0.3 is 0 Å². The van der Waals surface area contributed by atoms with Crippen LogP contribution >= 0.6 is 0 Å². The highest BCUT2D eigenvalue weighted by atomic mass is 16.5. The van der Waals surface area contributed by atoms with Crippen molar-refractivity contribution in [1.82, 2.24) is 5.32 Å². The minimum atomic E-state index is -0.113. The van der Waals surface area contributed by atoms with Crippen LogP contribution in [0.25, 0.3) is 0 Å². The fourth-order valence-electron chi connectivity index (χ4n) is 3.51. The standard InChI is InChI=1S/C15H30N2O/c1-5-18-12-10-15(16,13(12,2)3)11-17-14(4)8-6-7-9-14/h12,17H,5-11,16H2,1-4H3. The molecule has 0 radical (unpaired) electrons. The van der Waals surface area contributed by atoms with Crippen LogP contribution in [-0.4, -0.2) is 30.3 Å². The summed E-state index contributed by atoms with van der Waals surface area (Å²) in [6.07, 6.45) is 6.59. The fourth-order valence-corrected chi connectivity index (χ4v) is 3.51. The van der Waals surface area contributed by atoms with Gasteiger partial charge in [-0.15, -0.1) is 0 Å². The van der Waals surface area contributed by atoms with Gasteiger partial charge in [0.15, 0.2) is 0 Å². The van der Waals surface area contributed by atoms with Gasteiger partial charge in [-0.05, 0) is 33.1 Å². The molecule has 106 valence electrons. The van der Waals surface area contributed by atoms with Crippen LogP contribution in [0.3, 0.4) is 0 Å². The van der Waals surface area contributed by atoms with Crippen LogP contribution in [0.1, 0.15) is 59.8 Å². The molecule has 2 aliphatic rings. The van der Waals surface area contributed by atoms with E-state index in [0.717, 1.165) is 19.6 Å². The summed E-state index contributed by atoms with van der Waals surface area (Å²) in [7, 11) is 0. The van der Waals surface area contributed by atoms with E-state index in [0.29, 0.717) is 11.6 Å². The number of nitrogens with two attached hydrogens (primary N) is 1. The first-order valence-electron chi connectivity index (χ1n) is 7.48. The van der Waals surface area contributed by atoms with E-state index in [1.807, 2.05) is 0 Å². The van der Waals surface area contributed by atoms with Crippen LogP contribution < -0.4 is 11.1 Å². The van der Waals surface area contributed by atoms with E-state index in [2.05, 4.69) is 33.0 Å². The summed E-state index contributed by atoms with van der Waals surface area (Å²) >= 11 is 0. The Morgan fingerprint density at radius 3 is 2.33 bits per heavy atom. The van der Waals surface area contributed by atoms with Crippen LogP contribution in [-0.2, 0) is 4.74 Å². The quantitative estimate of drug-likeness (QED) is 0.792. The van der Waals surface area contributed by atoms with Gasteiger partial charge in [0.2, 0.25) is 0 Å². The molecule has 0 aliphatic heterocycles. The summed E-state index contributed by atoms with van der Waals surface area (Å²) in [5.74, 6) is 0. The van der Waals surface area contributed by atoms with Gasteiger partial charge in [-0.1, -0.05) is 26.7 Å². The van der Waals surface area contributed by atoms with Crippen molar-refractivity contribution in [2.45, 2.75) is 77.0 Å². The molecule has 2 fully saturated rings. The third-order valence-corrected chi connectivity index (χ3v) is 5.54. The monoisotopic (exact) mass is 254 g/mol. The van der Waals surface area contributed by atoms with E-state index >= 15 is 0 Å². The Hall–Kier alpha value is -0.120. The molecule has 2 unspecified atom stereocenters. The van der Waals surface area contributed by atoms with Crippen LogP contribution in [0.5, 0.6) is 0 Å². The maximum Gasteiger partial charge on any atom is 0.0662 e. The van der Waals surface area contributed by atoms with E-state index in [1.165, 1.54) is 25.7 Å². The Balaban J connectivity index is 1.89. The molecule has 0 heterocycles. The lowest BCUT2D eigenvalue weighted by Gasteiger charge is -2.60. The Labute approximate surface area is 112 Å². The zero-order chi connectivity index (χ0) is 13.4. The van der Waals surface area contributed by atoms with E-state index in [-0.39, 0.29) is 11.0 Å². The summed E-state index contributed by atoms with van der Waals surface area (Å²) in [5, 5.41) is 3.74. The summed E-state index contributed by atoms with van der Waals surface area (Å²) < 4.78 is 5.78. The Morgan fingerprint density at radius 1 is 1.22 bits per heavy atom. The largest absolute Gasteiger partial charge is 0.378 e. The van der Waals surface area contributed by atoms with Crippen molar-refractivity contribution in [2.75, 3.05) is 13.2 Å². The van der Waals surface area contributed by atoms with Crippen molar-refractivity contribution in [3.63, 3.8) is 0 Å². The Kier molecular flexibility index (Phi) is 3.79. The molecule has 3 nitrogen and oxygen atoms in total. The molecule has 2 saturated carbocycles. The average molecular weight is 254 g/mol. The SMILES string of the molecule is CCOC1CC(N)(CNC2(C)CCCC2)C1(C)C. The van der Waals surface area contributed by atoms with Gasteiger partial charge in [0.25, 0.3) is 0 Å². The molecule has 2 rings (SSSR count). The summed E-state index contributed by atoms with van der Waals surface area (Å²) in [6.45, 7) is 10.6. The van der Waals surface area contributed by atoms with Crippen LogP contribution in [0.4, 0.5) is 0 Å². The zero-order valence-corrected chi connectivity index (χ0v) is 12.5. The molecule has 0 bridgehead atoms. The Bertz CT molecular complexity index is 297. The first-order valence-corrected chi connectivity index (χ1v) is 7.48. The molecule has 3 N–H and O–H groups in total. The molecule has 0 aromatic rings. The van der Waals surface area contributed by atoms with E-state index in [4.69, 9.17) is 10.5 Å². The Morgan fingerprint density at radius 2 is 1.83 bits per heavy atom. The molecular weight excluding hydrogens is 224 g/mol.